The van der Waals surface area contributed by atoms with Crippen molar-refractivity contribution in [3.05, 3.63) is 65.2 Å². The Morgan fingerprint density at radius 2 is 1.54 bits per heavy atom. The van der Waals surface area contributed by atoms with Gasteiger partial charge >= 0.3 is 11.8 Å². The van der Waals surface area contributed by atoms with Crippen molar-refractivity contribution >= 4 is 10.0 Å². The van der Waals surface area contributed by atoms with Gasteiger partial charge < -0.3 is 0 Å². The fourth-order valence-electron chi connectivity index (χ4n) is 4.95. The van der Waals surface area contributed by atoms with Crippen molar-refractivity contribution in [3.63, 3.8) is 0 Å². The number of rotatable bonds is 2. The zero-order valence-electron chi connectivity index (χ0n) is 16.1. The molecule has 2 aliphatic heterocycles. The summed E-state index contributed by atoms with van der Waals surface area (Å²) in [5.74, 6) is 0. The standard InChI is InChI=1S/C20H22F3N2O2S/c1-14-9-11-15(12-10-14)28(26,27)24-19(20(21,22)23)17-8-6-5-7-16(17)18(2,3)13-25(19,24)4/h5-12H,13H2,1-4H3/q+1. The lowest BCUT2D eigenvalue weighted by atomic mass is 9.75. The summed E-state index contributed by atoms with van der Waals surface area (Å²) in [5.41, 5.74) is -1.85. The first-order valence-corrected chi connectivity index (χ1v) is 10.4. The first-order valence-electron chi connectivity index (χ1n) is 8.95. The van der Waals surface area contributed by atoms with Crippen molar-refractivity contribution in [1.29, 1.82) is 0 Å². The summed E-state index contributed by atoms with van der Waals surface area (Å²) < 4.78 is 70.4. The van der Waals surface area contributed by atoms with Gasteiger partial charge in [-0.15, -0.1) is 0 Å². The van der Waals surface area contributed by atoms with Crippen LogP contribution in [0.2, 0.25) is 0 Å². The fourth-order valence-corrected chi connectivity index (χ4v) is 6.97. The third-order valence-corrected chi connectivity index (χ3v) is 7.96. The van der Waals surface area contributed by atoms with Gasteiger partial charge in [0.2, 0.25) is 0 Å². The van der Waals surface area contributed by atoms with Crippen molar-refractivity contribution in [1.82, 2.24) is 4.41 Å². The van der Waals surface area contributed by atoms with Crippen LogP contribution < -0.4 is 0 Å². The number of hydrogen-bond donors (Lipinski definition) is 0. The molecule has 28 heavy (non-hydrogen) atoms. The molecule has 3 atom stereocenters. The highest BCUT2D eigenvalue weighted by molar-refractivity contribution is 7.89. The summed E-state index contributed by atoms with van der Waals surface area (Å²) in [6.45, 7) is 5.52. The maximum atomic E-state index is 14.6. The third kappa shape index (κ3) is 2.16. The molecule has 2 heterocycles. The number of quaternary nitrogens is 1. The highest BCUT2D eigenvalue weighted by atomic mass is 32.2. The Hall–Kier alpha value is -1.90. The highest BCUT2D eigenvalue weighted by Gasteiger charge is 2.96. The number of alkyl halides is 3. The molecule has 2 aliphatic rings. The van der Waals surface area contributed by atoms with Gasteiger partial charge in [0.15, 0.2) is 0 Å². The van der Waals surface area contributed by atoms with Gasteiger partial charge in [0.25, 0.3) is 10.0 Å². The Morgan fingerprint density at radius 1 is 1.00 bits per heavy atom. The number of sulfonamides is 1. The minimum absolute atomic E-state index is 0.0111. The molecule has 4 rings (SSSR count). The lowest BCUT2D eigenvalue weighted by Crippen LogP contribution is -2.51. The second-order valence-corrected chi connectivity index (χ2v) is 10.2. The van der Waals surface area contributed by atoms with E-state index in [9.17, 15) is 21.6 Å². The SMILES string of the molecule is Cc1ccc(S(=O)(=O)N2C3(C(F)(F)F)c4ccccc4C(C)(C)C[N+]23C)cc1. The van der Waals surface area contributed by atoms with Gasteiger partial charge in [0, 0.05) is 9.83 Å². The van der Waals surface area contributed by atoms with Crippen molar-refractivity contribution in [2.75, 3.05) is 13.6 Å². The summed E-state index contributed by atoms with van der Waals surface area (Å²) >= 11 is 0. The van der Waals surface area contributed by atoms with Crippen LogP contribution >= 0.6 is 0 Å². The van der Waals surface area contributed by atoms with Crippen molar-refractivity contribution in [3.8, 4) is 0 Å². The van der Waals surface area contributed by atoms with E-state index < -0.39 is 31.9 Å². The van der Waals surface area contributed by atoms with Gasteiger partial charge in [0.05, 0.1) is 17.5 Å². The van der Waals surface area contributed by atoms with Crippen LogP contribution in [-0.2, 0) is 21.1 Å². The maximum absolute atomic E-state index is 14.6. The van der Waals surface area contributed by atoms with Gasteiger partial charge in [-0.1, -0.05) is 55.8 Å². The molecular weight excluding hydrogens is 389 g/mol. The number of fused-ring (bicyclic) bond motifs is 3. The summed E-state index contributed by atoms with van der Waals surface area (Å²) in [6, 6.07) is 12.2. The second-order valence-electron chi connectivity index (χ2n) is 8.46. The summed E-state index contributed by atoms with van der Waals surface area (Å²) in [5, 5.41) is 0. The van der Waals surface area contributed by atoms with Crippen LogP contribution in [0.4, 0.5) is 13.2 Å². The molecule has 0 bridgehead atoms. The second kappa shape index (κ2) is 5.37. The molecule has 8 heteroatoms. The van der Waals surface area contributed by atoms with Gasteiger partial charge in [-0.3, -0.25) is 0 Å². The Bertz CT molecular complexity index is 1060. The molecule has 3 unspecified atom stereocenters. The number of halogens is 3. The van der Waals surface area contributed by atoms with E-state index in [1.165, 1.54) is 31.3 Å². The Kier molecular flexibility index (Phi) is 3.72. The summed E-state index contributed by atoms with van der Waals surface area (Å²) in [6.07, 6.45) is -4.77. The van der Waals surface area contributed by atoms with Gasteiger partial charge in [-0.25, -0.2) is 8.42 Å². The Balaban J connectivity index is 2.00. The largest absolute Gasteiger partial charge is 0.473 e. The maximum Gasteiger partial charge on any atom is 0.473 e. The van der Waals surface area contributed by atoms with Crippen LogP contribution in [0.1, 0.15) is 30.5 Å². The quantitative estimate of drug-likeness (QED) is 0.552. The Labute approximate surface area is 162 Å². The number of nitrogens with zero attached hydrogens (tertiary/aromatic N) is 2. The van der Waals surface area contributed by atoms with Crippen LogP contribution in [0.3, 0.4) is 0 Å². The molecule has 0 spiro atoms. The van der Waals surface area contributed by atoms with E-state index in [1.54, 1.807) is 31.2 Å². The molecule has 0 aromatic heterocycles. The lowest BCUT2D eigenvalue weighted by Gasteiger charge is -2.36. The van der Waals surface area contributed by atoms with Crippen LogP contribution in [-0.4, -0.2) is 37.2 Å². The normalized spacial score (nSPS) is 31.0. The van der Waals surface area contributed by atoms with Crippen molar-refractivity contribution in [2.45, 2.75) is 42.9 Å². The average Bonchev–Trinajstić information content (AvgIpc) is 3.16. The van der Waals surface area contributed by atoms with E-state index >= 15 is 0 Å². The smallest absolute Gasteiger partial charge is 0.202 e. The average molecular weight is 411 g/mol. The molecule has 0 amide bonds. The molecule has 150 valence electrons. The zero-order valence-corrected chi connectivity index (χ0v) is 16.9. The van der Waals surface area contributed by atoms with Crippen molar-refractivity contribution < 1.29 is 26.2 Å². The van der Waals surface area contributed by atoms with Crippen LogP contribution in [0.15, 0.2) is 53.4 Å². The molecule has 1 fully saturated rings. The van der Waals surface area contributed by atoms with Crippen molar-refractivity contribution in [2.24, 2.45) is 0 Å². The molecule has 2 aromatic carbocycles. The minimum Gasteiger partial charge on any atom is -0.202 e. The van der Waals surface area contributed by atoms with Crippen LogP contribution in [0.25, 0.3) is 0 Å². The topological polar surface area (TPSA) is 37.1 Å². The zero-order chi connectivity index (χ0) is 20.8. The molecule has 1 saturated heterocycles. The summed E-state index contributed by atoms with van der Waals surface area (Å²) in [4.78, 5) is -0.134. The monoisotopic (exact) mass is 411 g/mol. The van der Waals surface area contributed by atoms with E-state index in [0.29, 0.717) is 9.98 Å². The first-order chi connectivity index (χ1) is 12.8. The molecule has 0 N–H and O–H groups in total. The van der Waals surface area contributed by atoms with Gasteiger partial charge in [-0.2, -0.15) is 17.8 Å². The lowest BCUT2D eigenvalue weighted by molar-refractivity contribution is -0.874. The summed E-state index contributed by atoms with van der Waals surface area (Å²) in [7, 11) is -3.01. The molecule has 4 nitrogen and oxygen atoms in total. The number of likely N-dealkylation sites (N-methyl/N-ethyl adjacent to an activating group) is 1. The number of hydrogen-bond acceptors (Lipinski definition) is 2. The third-order valence-electron chi connectivity index (χ3n) is 6.01. The minimum atomic E-state index is -4.77. The van der Waals surface area contributed by atoms with Crippen LogP contribution in [0, 0.1) is 6.92 Å². The number of benzene rings is 2. The van der Waals surface area contributed by atoms with E-state index in [0.717, 1.165) is 5.56 Å². The number of aryl methyl sites for hydroxylation is 1. The van der Waals surface area contributed by atoms with E-state index in [1.807, 2.05) is 13.8 Å². The van der Waals surface area contributed by atoms with Gasteiger partial charge in [0.1, 0.15) is 6.54 Å². The highest BCUT2D eigenvalue weighted by Crippen LogP contribution is 2.69. The predicted octanol–water partition coefficient (Wildman–Crippen LogP) is 4.07. The molecule has 0 saturated carbocycles. The van der Waals surface area contributed by atoms with E-state index in [4.69, 9.17) is 0 Å². The fraction of sp³-hybridized carbons (Fsp3) is 0.400. The van der Waals surface area contributed by atoms with Gasteiger partial charge in [-0.05, 0) is 24.6 Å². The van der Waals surface area contributed by atoms with E-state index in [2.05, 4.69) is 0 Å². The Morgan fingerprint density at radius 3 is 2.07 bits per heavy atom. The molecule has 0 aliphatic carbocycles. The molecule has 0 radical (unpaired) electrons. The molecule has 2 aromatic rings. The van der Waals surface area contributed by atoms with E-state index in [-0.39, 0.29) is 17.0 Å². The first kappa shape index (κ1) is 19.4. The molecular formula is C20H22F3N2O2S+. The predicted molar refractivity (Wildman–Crippen MR) is 98.5 cm³/mol. The van der Waals surface area contributed by atoms with Crippen LogP contribution in [0.5, 0.6) is 0 Å².